The van der Waals surface area contributed by atoms with Crippen LogP contribution in [0.2, 0.25) is 0 Å². The van der Waals surface area contributed by atoms with E-state index < -0.39 is 15.1 Å². The molecule has 0 aromatic rings. The van der Waals surface area contributed by atoms with Crippen molar-refractivity contribution >= 4 is 21.3 Å². The summed E-state index contributed by atoms with van der Waals surface area (Å²) in [6.45, 7) is 3.80. The van der Waals surface area contributed by atoms with Crippen LogP contribution in [0.25, 0.3) is 0 Å². The van der Waals surface area contributed by atoms with Crippen LogP contribution in [0.1, 0.15) is 26.7 Å². The third-order valence-electron chi connectivity index (χ3n) is 1.56. The van der Waals surface area contributed by atoms with Crippen molar-refractivity contribution in [1.82, 2.24) is 0 Å². The molecule has 70 valence electrons. The van der Waals surface area contributed by atoms with Crippen molar-refractivity contribution in [2.75, 3.05) is 0 Å². The molecule has 0 rings (SSSR count). The number of aldehydes is 1. The van der Waals surface area contributed by atoms with Crippen LogP contribution < -0.4 is 0 Å². The Balaban J connectivity index is 3.96. The first kappa shape index (κ1) is 12.3. The van der Waals surface area contributed by atoms with E-state index in [1.807, 2.05) is 19.9 Å². The third-order valence-corrected chi connectivity index (χ3v) is 2.50. The molecule has 0 unspecified atom stereocenters. The summed E-state index contributed by atoms with van der Waals surface area (Å²) in [4.78, 5) is 10.1. The van der Waals surface area contributed by atoms with Crippen LogP contribution in [0.3, 0.4) is 0 Å². The van der Waals surface area contributed by atoms with E-state index in [2.05, 4.69) is 4.61 Å². The molecule has 0 saturated heterocycles. The van der Waals surface area contributed by atoms with Crippen molar-refractivity contribution in [3.63, 3.8) is 0 Å². The zero-order valence-corrected chi connectivity index (χ0v) is 9.79. The number of carbonyl (C=O) groups excluding carboxylic acids is 1. The van der Waals surface area contributed by atoms with E-state index >= 15 is 0 Å². The molecule has 0 spiro atoms. The van der Waals surface area contributed by atoms with Gasteiger partial charge in [-0.15, -0.1) is 0 Å². The fourth-order valence-electron chi connectivity index (χ4n) is 0.833. The molecule has 13 heavy (non-hydrogen) atoms. The second-order valence-corrected chi connectivity index (χ2v) is 3.63. The SMILES string of the molecule is CC(C#[As]=O)=CCC/C(C)=C\C=O. The number of hydrogen-bond donors (Lipinski definition) is 0. The van der Waals surface area contributed by atoms with Gasteiger partial charge < -0.3 is 0 Å². The average molecular weight is 240 g/mol. The second kappa shape index (κ2) is 7.91. The molecule has 0 saturated carbocycles. The first-order valence-electron chi connectivity index (χ1n) is 4.06. The Kier molecular flexibility index (Phi) is 7.48. The fourth-order valence-corrected chi connectivity index (χ4v) is 1.33. The first-order chi connectivity index (χ1) is 6.20. The van der Waals surface area contributed by atoms with Crippen molar-refractivity contribution in [3.8, 4) is 4.61 Å². The molecule has 0 N–H and O–H groups in total. The number of allylic oxidation sites excluding steroid dienone is 4. The molecule has 2 nitrogen and oxygen atoms in total. The van der Waals surface area contributed by atoms with Gasteiger partial charge in [0.25, 0.3) is 0 Å². The van der Waals surface area contributed by atoms with Gasteiger partial charge in [0.05, 0.1) is 0 Å². The van der Waals surface area contributed by atoms with Crippen LogP contribution in [-0.2, 0) is 8.53 Å². The van der Waals surface area contributed by atoms with Gasteiger partial charge >= 0.3 is 84.5 Å². The molecule has 0 aliphatic rings. The van der Waals surface area contributed by atoms with Gasteiger partial charge in [-0.1, -0.05) is 0 Å². The molecular formula is C10H13AsO2. The maximum atomic E-state index is 10.2. The molecule has 0 amide bonds. The van der Waals surface area contributed by atoms with Gasteiger partial charge in [-0.2, -0.15) is 0 Å². The van der Waals surface area contributed by atoms with Gasteiger partial charge in [0.15, 0.2) is 0 Å². The van der Waals surface area contributed by atoms with Gasteiger partial charge in [0.1, 0.15) is 0 Å². The summed E-state index contributed by atoms with van der Waals surface area (Å²) in [6.07, 6.45) is 6.08. The van der Waals surface area contributed by atoms with Crippen molar-refractivity contribution < 1.29 is 8.53 Å². The van der Waals surface area contributed by atoms with Crippen LogP contribution >= 0.6 is 0 Å². The van der Waals surface area contributed by atoms with E-state index in [-0.39, 0.29) is 0 Å². The molecule has 0 heterocycles. The Labute approximate surface area is 84.8 Å². The molecule has 0 atom stereocenters. The molecule has 0 bridgehead atoms. The number of hydrogen-bond acceptors (Lipinski definition) is 2. The summed E-state index contributed by atoms with van der Waals surface area (Å²) in [7, 11) is 0. The van der Waals surface area contributed by atoms with Gasteiger partial charge in [-0.3, -0.25) is 0 Å². The zero-order valence-electron chi connectivity index (χ0n) is 7.91. The fraction of sp³-hybridized carbons (Fsp3) is 0.400. The van der Waals surface area contributed by atoms with Crippen LogP contribution in [0, 0.1) is 4.61 Å². The van der Waals surface area contributed by atoms with E-state index in [0.29, 0.717) is 0 Å². The Bertz CT molecular complexity index is 320. The standard InChI is InChI=1S/C10H13AsO2/c1-9(6-7-12)4-3-5-10(2)8-11-13/h5-7H,3-4H2,1-2H3/b9-6-,10-5?. The topological polar surface area (TPSA) is 34.1 Å². The van der Waals surface area contributed by atoms with E-state index in [0.717, 1.165) is 30.3 Å². The van der Waals surface area contributed by atoms with E-state index in [1.54, 1.807) is 6.08 Å². The van der Waals surface area contributed by atoms with E-state index in [4.69, 9.17) is 0 Å². The Morgan fingerprint density at radius 3 is 2.69 bits per heavy atom. The molecule has 0 radical (unpaired) electrons. The number of carbonyl (C=O) groups is 1. The molecule has 0 fully saturated rings. The Hall–Kier alpha value is -0.712. The predicted octanol–water partition coefficient (Wildman–Crippen LogP) is 1.87. The second-order valence-electron chi connectivity index (χ2n) is 2.78. The molecule has 0 aromatic heterocycles. The maximum absolute atomic E-state index is 10.2. The average Bonchev–Trinajstić information content (AvgIpc) is 2.05. The molecule has 0 aliphatic heterocycles. The Morgan fingerprint density at radius 2 is 2.15 bits per heavy atom. The molecule has 3 heteroatoms. The van der Waals surface area contributed by atoms with E-state index in [9.17, 15) is 8.53 Å². The summed E-state index contributed by atoms with van der Waals surface area (Å²) in [6, 6.07) is 0. The van der Waals surface area contributed by atoms with Gasteiger partial charge in [0, 0.05) is 0 Å². The van der Waals surface area contributed by atoms with Crippen molar-refractivity contribution in [2.45, 2.75) is 26.7 Å². The van der Waals surface area contributed by atoms with Crippen LogP contribution in [0.5, 0.6) is 0 Å². The van der Waals surface area contributed by atoms with Gasteiger partial charge in [0.2, 0.25) is 0 Å². The first-order valence-corrected chi connectivity index (χ1v) is 5.77. The summed E-state index contributed by atoms with van der Waals surface area (Å²) >= 11 is -0.990. The zero-order chi connectivity index (χ0) is 10.1. The van der Waals surface area contributed by atoms with Crippen LogP contribution in [0.15, 0.2) is 23.3 Å². The quantitative estimate of drug-likeness (QED) is 0.427. The van der Waals surface area contributed by atoms with E-state index in [1.165, 1.54) is 0 Å². The summed E-state index contributed by atoms with van der Waals surface area (Å²) < 4.78 is 13.0. The Morgan fingerprint density at radius 1 is 1.46 bits per heavy atom. The van der Waals surface area contributed by atoms with Gasteiger partial charge in [-0.25, -0.2) is 0 Å². The number of rotatable bonds is 4. The summed E-state index contributed by atoms with van der Waals surface area (Å²) in [5.74, 6) is 0. The third kappa shape index (κ3) is 7.64. The van der Waals surface area contributed by atoms with Crippen LogP contribution in [-0.4, -0.2) is 21.3 Å². The molecule has 0 aromatic carbocycles. The van der Waals surface area contributed by atoms with Crippen molar-refractivity contribution in [2.24, 2.45) is 0 Å². The summed E-state index contributed by atoms with van der Waals surface area (Å²) in [5, 5.41) is 0. The predicted molar refractivity (Wildman–Crippen MR) is 53.1 cm³/mol. The van der Waals surface area contributed by atoms with Crippen LogP contribution in [0.4, 0.5) is 0 Å². The van der Waals surface area contributed by atoms with Crippen molar-refractivity contribution in [1.29, 1.82) is 0 Å². The summed E-state index contributed by atoms with van der Waals surface area (Å²) in [5.41, 5.74) is 2.00. The normalized spacial score (nSPS) is 12.2. The monoisotopic (exact) mass is 240 g/mol. The minimum absolute atomic E-state index is 0.798. The molecule has 0 aliphatic carbocycles. The van der Waals surface area contributed by atoms with Crippen molar-refractivity contribution in [3.05, 3.63) is 23.3 Å². The minimum atomic E-state index is -0.990. The van der Waals surface area contributed by atoms with Gasteiger partial charge in [-0.05, 0) is 0 Å². The molecular weight excluding hydrogens is 227 g/mol.